The predicted molar refractivity (Wildman–Crippen MR) is 54.1 cm³/mol. The molecule has 0 aromatic heterocycles. The summed E-state index contributed by atoms with van der Waals surface area (Å²) in [6.07, 6.45) is 1.73. The minimum atomic E-state index is -1.00. The van der Waals surface area contributed by atoms with Crippen LogP contribution < -0.4 is 0 Å². The van der Waals surface area contributed by atoms with Gasteiger partial charge in [0.2, 0.25) is 0 Å². The number of halogens is 1. The topological polar surface area (TPSA) is 34.1 Å². The Balaban J connectivity index is 2.42. The van der Waals surface area contributed by atoms with Crippen LogP contribution in [0.5, 0.6) is 0 Å². The van der Waals surface area contributed by atoms with Crippen molar-refractivity contribution < 1.29 is 14.0 Å². The summed E-state index contributed by atoms with van der Waals surface area (Å²) in [6.45, 7) is 5.00. The Labute approximate surface area is 89.2 Å². The van der Waals surface area contributed by atoms with Crippen LogP contribution in [-0.2, 0) is 9.59 Å². The van der Waals surface area contributed by atoms with E-state index in [4.69, 9.17) is 0 Å². The average Bonchev–Trinajstić information content (AvgIpc) is 2.48. The van der Waals surface area contributed by atoms with Crippen LogP contribution in [0.15, 0.2) is 0 Å². The molecule has 0 saturated heterocycles. The molecule has 2 rings (SSSR count). The Bertz CT molecular complexity index is 335. The molecular weight excluding hydrogens is 195 g/mol. The number of alkyl halides is 1. The summed E-state index contributed by atoms with van der Waals surface area (Å²) in [5.74, 6) is -1.14. The minimum absolute atomic E-state index is 0.0219. The molecule has 15 heavy (non-hydrogen) atoms. The molecule has 0 spiro atoms. The van der Waals surface area contributed by atoms with Gasteiger partial charge in [-0.3, -0.25) is 9.59 Å². The van der Waals surface area contributed by atoms with Gasteiger partial charge in [0.1, 0.15) is 12.5 Å². The third-order valence-electron chi connectivity index (χ3n) is 5.01. The van der Waals surface area contributed by atoms with Gasteiger partial charge in [0, 0.05) is 5.41 Å². The van der Waals surface area contributed by atoms with Gasteiger partial charge in [0.15, 0.2) is 5.78 Å². The van der Waals surface area contributed by atoms with Crippen molar-refractivity contribution in [1.82, 2.24) is 0 Å². The summed E-state index contributed by atoms with van der Waals surface area (Å²) in [7, 11) is 0. The molecule has 3 atom stereocenters. The summed E-state index contributed by atoms with van der Waals surface area (Å²) >= 11 is 0. The van der Waals surface area contributed by atoms with E-state index >= 15 is 0 Å². The molecular formula is C12H17FO2. The molecule has 0 aromatic rings. The van der Waals surface area contributed by atoms with E-state index in [0.717, 1.165) is 12.8 Å². The third kappa shape index (κ3) is 1.04. The Morgan fingerprint density at radius 1 is 1.47 bits per heavy atom. The number of ketones is 2. The fraction of sp³-hybridized carbons (Fsp3) is 0.833. The van der Waals surface area contributed by atoms with Gasteiger partial charge in [-0.15, -0.1) is 0 Å². The molecule has 2 aliphatic carbocycles. The highest BCUT2D eigenvalue weighted by atomic mass is 19.1. The second kappa shape index (κ2) is 2.89. The fourth-order valence-corrected chi connectivity index (χ4v) is 3.54. The standard InChI is InChI=1S/C12H17FO2/c1-11(2)7-4-5-12(11,3)10(15)9(7)8(14)6-13/h7,9H,4-6H2,1-3H3. The number of carbonyl (C=O) groups is 2. The highest BCUT2D eigenvalue weighted by Gasteiger charge is 2.67. The van der Waals surface area contributed by atoms with Crippen molar-refractivity contribution in [3.8, 4) is 0 Å². The first kappa shape index (κ1) is 10.8. The highest BCUT2D eigenvalue weighted by molar-refractivity contribution is 6.08. The number of carbonyl (C=O) groups excluding carboxylic acids is 2. The normalized spacial score (nSPS) is 42.3. The average molecular weight is 212 g/mol. The molecule has 0 aliphatic heterocycles. The molecule has 0 aromatic carbocycles. The lowest BCUT2D eigenvalue weighted by Gasteiger charge is -2.32. The number of Topliss-reactive ketones (excluding diaryl/α,β-unsaturated/α-hetero) is 2. The Morgan fingerprint density at radius 2 is 2.07 bits per heavy atom. The van der Waals surface area contributed by atoms with Gasteiger partial charge in [-0.05, 0) is 24.2 Å². The van der Waals surface area contributed by atoms with E-state index in [1.807, 2.05) is 20.8 Å². The van der Waals surface area contributed by atoms with E-state index in [2.05, 4.69) is 0 Å². The Kier molecular flexibility index (Phi) is 2.08. The SMILES string of the molecule is CC12CCC(C(C(=O)CF)C1=O)C2(C)C. The van der Waals surface area contributed by atoms with E-state index in [0.29, 0.717) is 0 Å². The first-order valence-corrected chi connectivity index (χ1v) is 5.49. The summed E-state index contributed by atoms with van der Waals surface area (Å²) < 4.78 is 12.4. The van der Waals surface area contributed by atoms with Crippen LogP contribution in [0.1, 0.15) is 33.6 Å². The molecule has 0 radical (unpaired) electrons. The maximum absolute atomic E-state index is 12.4. The van der Waals surface area contributed by atoms with Crippen molar-refractivity contribution in [3.63, 3.8) is 0 Å². The molecule has 2 bridgehead atoms. The molecule has 2 nitrogen and oxygen atoms in total. The van der Waals surface area contributed by atoms with Crippen LogP contribution in [0.2, 0.25) is 0 Å². The summed E-state index contributed by atoms with van der Waals surface area (Å²) in [4.78, 5) is 23.6. The molecule has 3 heteroatoms. The van der Waals surface area contributed by atoms with Crippen LogP contribution in [-0.4, -0.2) is 18.2 Å². The van der Waals surface area contributed by atoms with Crippen LogP contribution in [0, 0.1) is 22.7 Å². The minimum Gasteiger partial charge on any atom is -0.298 e. The Morgan fingerprint density at radius 3 is 2.47 bits per heavy atom. The van der Waals surface area contributed by atoms with Crippen molar-refractivity contribution in [2.24, 2.45) is 22.7 Å². The van der Waals surface area contributed by atoms with Gasteiger partial charge < -0.3 is 0 Å². The summed E-state index contributed by atoms with van der Waals surface area (Å²) in [5, 5.41) is 0. The van der Waals surface area contributed by atoms with Gasteiger partial charge in [0.25, 0.3) is 0 Å². The lowest BCUT2D eigenvalue weighted by molar-refractivity contribution is -0.138. The van der Waals surface area contributed by atoms with E-state index < -0.39 is 23.8 Å². The second-order valence-corrected chi connectivity index (χ2v) is 5.64. The van der Waals surface area contributed by atoms with E-state index in [1.54, 1.807) is 0 Å². The molecule has 3 unspecified atom stereocenters. The number of hydrogen-bond acceptors (Lipinski definition) is 2. The van der Waals surface area contributed by atoms with Crippen LogP contribution in [0.25, 0.3) is 0 Å². The van der Waals surface area contributed by atoms with E-state index in [1.165, 1.54) is 0 Å². The smallest absolute Gasteiger partial charge is 0.174 e. The van der Waals surface area contributed by atoms with Gasteiger partial charge in [-0.2, -0.15) is 0 Å². The second-order valence-electron chi connectivity index (χ2n) is 5.64. The first-order chi connectivity index (χ1) is 6.86. The monoisotopic (exact) mass is 212 g/mol. The molecule has 2 fully saturated rings. The molecule has 0 N–H and O–H groups in total. The molecule has 0 amide bonds. The zero-order chi connectivity index (χ0) is 11.4. The van der Waals surface area contributed by atoms with Gasteiger partial charge >= 0.3 is 0 Å². The zero-order valence-corrected chi connectivity index (χ0v) is 9.47. The first-order valence-electron chi connectivity index (χ1n) is 5.49. The summed E-state index contributed by atoms with van der Waals surface area (Å²) in [6, 6.07) is 0. The van der Waals surface area contributed by atoms with Crippen LogP contribution >= 0.6 is 0 Å². The van der Waals surface area contributed by atoms with E-state index in [9.17, 15) is 14.0 Å². The molecule has 2 saturated carbocycles. The quantitative estimate of drug-likeness (QED) is 0.657. The molecule has 84 valence electrons. The van der Waals surface area contributed by atoms with Gasteiger partial charge in [0.05, 0.1) is 5.92 Å². The van der Waals surface area contributed by atoms with Crippen molar-refractivity contribution >= 4 is 11.6 Å². The largest absolute Gasteiger partial charge is 0.298 e. The zero-order valence-electron chi connectivity index (χ0n) is 9.47. The predicted octanol–water partition coefficient (Wildman–Crippen LogP) is 2.17. The van der Waals surface area contributed by atoms with Crippen LogP contribution in [0.3, 0.4) is 0 Å². The summed E-state index contributed by atoms with van der Waals surface area (Å²) in [5.41, 5.74) is -0.563. The highest BCUT2D eigenvalue weighted by Crippen LogP contribution is 2.65. The number of rotatable bonds is 2. The lowest BCUT2D eigenvalue weighted by Crippen LogP contribution is -2.35. The maximum atomic E-state index is 12.4. The van der Waals surface area contributed by atoms with Crippen LogP contribution in [0.4, 0.5) is 4.39 Å². The van der Waals surface area contributed by atoms with E-state index in [-0.39, 0.29) is 17.1 Å². The number of hydrogen-bond donors (Lipinski definition) is 0. The number of fused-ring (bicyclic) bond motifs is 2. The maximum Gasteiger partial charge on any atom is 0.174 e. The fourth-order valence-electron chi connectivity index (χ4n) is 3.54. The Hall–Kier alpha value is -0.730. The molecule has 2 aliphatic rings. The van der Waals surface area contributed by atoms with Gasteiger partial charge in [-0.1, -0.05) is 20.8 Å². The van der Waals surface area contributed by atoms with Crippen molar-refractivity contribution in [3.05, 3.63) is 0 Å². The van der Waals surface area contributed by atoms with Crippen molar-refractivity contribution in [1.29, 1.82) is 0 Å². The van der Waals surface area contributed by atoms with Crippen molar-refractivity contribution in [2.45, 2.75) is 33.6 Å². The van der Waals surface area contributed by atoms with Crippen molar-refractivity contribution in [2.75, 3.05) is 6.67 Å². The lowest BCUT2D eigenvalue weighted by atomic mass is 9.70. The van der Waals surface area contributed by atoms with Gasteiger partial charge in [-0.25, -0.2) is 4.39 Å². The molecule has 0 heterocycles. The third-order valence-corrected chi connectivity index (χ3v) is 5.01.